The molecule has 0 aromatic heterocycles. The number of hydrogen-bond acceptors (Lipinski definition) is 3. The van der Waals surface area contributed by atoms with Gasteiger partial charge in [0.1, 0.15) is 5.82 Å². The second-order valence-corrected chi connectivity index (χ2v) is 4.83. The fourth-order valence-corrected chi connectivity index (χ4v) is 2.19. The van der Waals surface area contributed by atoms with Gasteiger partial charge in [-0.15, -0.1) is 11.8 Å². The molecule has 0 fully saturated rings. The van der Waals surface area contributed by atoms with Crippen LogP contribution in [0.2, 0.25) is 0 Å². The zero-order valence-corrected chi connectivity index (χ0v) is 12.1. The summed E-state index contributed by atoms with van der Waals surface area (Å²) in [5, 5.41) is 6.27. The minimum absolute atomic E-state index is 0.171. The molecule has 106 valence electrons. The third-order valence-electron chi connectivity index (χ3n) is 2.31. The van der Waals surface area contributed by atoms with Gasteiger partial charge in [0.25, 0.3) is 0 Å². The van der Waals surface area contributed by atoms with Gasteiger partial charge in [0.15, 0.2) is 5.96 Å². The third kappa shape index (κ3) is 6.45. The highest BCUT2D eigenvalue weighted by Crippen LogP contribution is 2.20. The van der Waals surface area contributed by atoms with Crippen LogP contribution in [-0.2, 0) is 4.74 Å². The lowest BCUT2D eigenvalue weighted by atomic mass is 10.3. The summed E-state index contributed by atoms with van der Waals surface area (Å²) in [5.74, 6) is 1.33. The molecule has 0 saturated carbocycles. The average Bonchev–Trinajstić information content (AvgIpc) is 2.43. The zero-order chi connectivity index (χ0) is 13.9. The van der Waals surface area contributed by atoms with Gasteiger partial charge < -0.3 is 15.4 Å². The first-order valence-corrected chi connectivity index (χ1v) is 7.07. The molecule has 0 atom stereocenters. The summed E-state index contributed by atoms with van der Waals surface area (Å²) >= 11 is 1.48. The molecule has 19 heavy (non-hydrogen) atoms. The Balaban J connectivity index is 2.21. The Bertz CT molecular complexity index is 401. The summed E-state index contributed by atoms with van der Waals surface area (Å²) in [5.41, 5.74) is 0. The van der Waals surface area contributed by atoms with Crippen LogP contribution in [0.1, 0.15) is 0 Å². The molecule has 0 amide bonds. The normalized spacial score (nSPS) is 11.4. The standard InChI is InChI=1S/C13H20FN3OS/c1-15-13(16-7-9-18-2)17-8-10-19-12-6-4-3-5-11(12)14/h3-6H,7-10H2,1-2H3,(H2,15,16,17). The van der Waals surface area contributed by atoms with Gasteiger partial charge in [-0.05, 0) is 12.1 Å². The Labute approximate surface area is 117 Å². The monoisotopic (exact) mass is 285 g/mol. The van der Waals surface area contributed by atoms with Crippen molar-refractivity contribution < 1.29 is 9.13 Å². The Morgan fingerprint density at radius 3 is 2.74 bits per heavy atom. The van der Waals surface area contributed by atoms with Crippen molar-refractivity contribution in [2.24, 2.45) is 4.99 Å². The fraction of sp³-hybridized carbons (Fsp3) is 0.462. The first kappa shape index (κ1) is 15.8. The molecule has 6 heteroatoms. The minimum atomic E-state index is -0.171. The Hall–Kier alpha value is -1.27. The smallest absolute Gasteiger partial charge is 0.191 e. The van der Waals surface area contributed by atoms with Crippen LogP contribution in [0.15, 0.2) is 34.2 Å². The number of methoxy groups -OCH3 is 1. The van der Waals surface area contributed by atoms with Crippen LogP contribution in [0.25, 0.3) is 0 Å². The van der Waals surface area contributed by atoms with E-state index in [0.717, 1.165) is 11.7 Å². The maximum absolute atomic E-state index is 13.4. The van der Waals surface area contributed by atoms with E-state index in [1.54, 1.807) is 26.3 Å². The summed E-state index contributed by atoms with van der Waals surface area (Å²) in [6.45, 7) is 2.05. The van der Waals surface area contributed by atoms with Crippen LogP contribution in [0.5, 0.6) is 0 Å². The topological polar surface area (TPSA) is 45.7 Å². The fourth-order valence-electron chi connectivity index (χ4n) is 1.38. The van der Waals surface area contributed by atoms with Crippen molar-refractivity contribution >= 4 is 17.7 Å². The van der Waals surface area contributed by atoms with Crippen LogP contribution in [-0.4, -0.2) is 45.6 Å². The van der Waals surface area contributed by atoms with E-state index in [1.807, 2.05) is 6.07 Å². The van der Waals surface area contributed by atoms with Gasteiger partial charge in [-0.25, -0.2) is 4.39 Å². The van der Waals surface area contributed by atoms with Crippen molar-refractivity contribution in [3.63, 3.8) is 0 Å². The predicted molar refractivity (Wildman–Crippen MR) is 78.4 cm³/mol. The number of thioether (sulfide) groups is 1. The predicted octanol–water partition coefficient (Wildman–Crippen LogP) is 1.73. The molecule has 0 unspecified atom stereocenters. The molecule has 1 rings (SSSR count). The molecule has 0 heterocycles. The summed E-state index contributed by atoms with van der Waals surface area (Å²) in [4.78, 5) is 4.75. The third-order valence-corrected chi connectivity index (χ3v) is 3.36. The summed E-state index contributed by atoms with van der Waals surface area (Å²) in [7, 11) is 3.37. The summed E-state index contributed by atoms with van der Waals surface area (Å²) < 4.78 is 18.3. The van der Waals surface area contributed by atoms with E-state index in [2.05, 4.69) is 15.6 Å². The number of aliphatic imine (C=N–C) groups is 1. The molecule has 1 aromatic carbocycles. The lowest BCUT2D eigenvalue weighted by Gasteiger charge is -2.11. The number of nitrogens with one attached hydrogen (secondary N) is 2. The number of ether oxygens (including phenoxy) is 1. The van der Waals surface area contributed by atoms with Crippen molar-refractivity contribution in [1.82, 2.24) is 10.6 Å². The molecule has 0 aliphatic carbocycles. The van der Waals surface area contributed by atoms with Gasteiger partial charge in [-0.2, -0.15) is 0 Å². The number of hydrogen-bond donors (Lipinski definition) is 2. The molecular weight excluding hydrogens is 265 g/mol. The van der Waals surface area contributed by atoms with Crippen LogP contribution >= 0.6 is 11.8 Å². The van der Waals surface area contributed by atoms with E-state index in [9.17, 15) is 4.39 Å². The highest BCUT2D eigenvalue weighted by molar-refractivity contribution is 7.99. The molecule has 4 nitrogen and oxygen atoms in total. The lowest BCUT2D eigenvalue weighted by molar-refractivity contribution is 0.203. The van der Waals surface area contributed by atoms with Gasteiger partial charge in [0.2, 0.25) is 0 Å². The Morgan fingerprint density at radius 2 is 2.05 bits per heavy atom. The Kier molecular flexibility index (Phi) is 8.00. The van der Waals surface area contributed by atoms with E-state index in [1.165, 1.54) is 17.8 Å². The molecule has 0 aliphatic rings. The van der Waals surface area contributed by atoms with Crippen molar-refractivity contribution in [3.8, 4) is 0 Å². The second-order valence-electron chi connectivity index (χ2n) is 3.70. The van der Waals surface area contributed by atoms with Crippen molar-refractivity contribution in [2.75, 3.05) is 39.6 Å². The molecule has 1 aromatic rings. The molecule has 0 radical (unpaired) electrons. The zero-order valence-electron chi connectivity index (χ0n) is 11.3. The molecule has 2 N–H and O–H groups in total. The highest BCUT2D eigenvalue weighted by atomic mass is 32.2. The van der Waals surface area contributed by atoms with Crippen LogP contribution in [0.4, 0.5) is 4.39 Å². The largest absolute Gasteiger partial charge is 0.383 e. The second kappa shape index (κ2) is 9.63. The molecular formula is C13H20FN3OS. The van der Waals surface area contributed by atoms with Gasteiger partial charge in [0, 0.05) is 37.9 Å². The molecule has 0 aliphatic heterocycles. The average molecular weight is 285 g/mol. The van der Waals surface area contributed by atoms with Crippen LogP contribution in [0, 0.1) is 5.82 Å². The van der Waals surface area contributed by atoms with Crippen molar-refractivity contribution in [2.45, 2.75) is 4.90 Å². The summed E-state index contributed by atoms with van der Waals surface area (Å²) in [6, 6.07) is 6.79. The number of rotatable bonds is 7. The first-order valence-electron chi connectivity index (χ1n) is 6.08. The number of benzene rings is 1. The van der Waals surface area contributed by atoms with Gasteiger partial charge in [-0.1, -0.05) is 12.1 Å². The molecule has 0 saturated heterocycles. The maximum Gasteiger partial charge on any atom is 0.191 e. The van der Waals surface area contributed by atoms with E-state index in [4.69, 9.17) is 4.74 Å². The van der Waals surface area contributed by atoms with E-state index < -0.39 is 0 Å². The molecule has 0 bridgehead atoms. The summed E-state index contributed by atoms with van der Waals surface area (Å²) in [6.07, 6.45) is 0. The maximum atomic E-state index is 13.4. The van der Waals surface area contributed by atoms with E-state index in [-0.39, 0.29) is 5.82 Å². The van der Waals surface area contributed by atoms with E-state index in [0.29, 0.717) is 24.6 Å². The van der Waals surface area contributed by atoms with Crippen molar-refractivity contribution in [1.29, 1.82) is 0 Å². The van der Waals surface area contributed by atoms with Gasteiger partial charge in [-0.3, -0.25) is 4.99 Å². The minimum Gasteiger partial charge on any atom is -0.383 e. The van der Waals surface area contributed by atoms with E-state index >= 15 is 0 Å². The first-order chi connectivity index (χ1) is 9.27. The highest BCUT2D eigenvalue weighted by Gasteiger charge is 2.01. The number of halogens is 1. The lowest BCUT2D eigenvalue weighted by Crippen LogP contribution is -2.39. The number of guanidine groups is 1. The quantitative estimate of drug-likeness (QED) is 0.347. The van der Waals surface area contributed by atoms with Crippen LogP contribution < -0.4 is 10.6 Å². The van der Waals surface area contributed by atoms with Crippen molar-refractivity contribution in [3.05, 3.63) is 30.1 Å². The SMILES string of the molecule is CN=C(NCCOC)NCCSc1ccccc1F. The van der Waals surface area contributed by atoms with Gasteiger partial charge >= 0.3 is 0 Å². The number of nitrogens with zero attached hydrogens (tertiary/aromatic N) is 1. The van der Waals surface area contributed by atoms with Gasteiger partial charge in [0.05, 0.1) is 6.61 Å². The Morgan fingerprint density at radius 1 is 1.32 bits per heavy atom. The molecule has 0 spiro atoms. The van der Waals surface area contributed by atoms with Crippen LogP contribution in [0.3, 0.4) is 0 Å².